The molecule has 1 aliphatic heterocycles. The van der Waals surface area contributed by atoms with Gasteiger partial charge in [-0.1, -0.05) is 30.3 Å². The van der Waals surface area contributed by atoms with E-state index in [1.54, 1.807) is 0 Å². The van der Waals surface area contributed by atoms with Gasteiger partial charge >= 0.3 is 0 Å². The van der Waals surface area contributed by atoms with Gasteiger partial charge in [0.15, 0.2) is 0 Å². The molecule has 0 unspecified atom stereocenters. The Morgan fingerprint density at radius 2 is 1.62 bits per heavy atom. The minimum Gasteiger partial charge on any atom is -0.370 e. The van der Waals surface area contributed by atoms with E-state index in [0.29, 0.717) is 0 Å². The third kappa shape index (κ3) is 2.27. The quantitative estimate of drug-likeness (QED) is 0.754. The van der Waals surface area contributed by atoms with Crippen molar-refractivity contribution in [1.29, 1.82) is 0 Å². The fourth-order valence-corrected chi connectivity index (χ4v) is 2.31. The monoisotopic (exact) mass is 216 g/mol. The zero-order valence-corrected chi connectivity index (χ0v) is 10.5. The van der Waals surface area contributed by atoms with Gasteiger partial charge in [0.1, 0.15) is 0 Å². The summed E-state index contributed by atoms with van der Waals surface area (Å²) in [5, 5.41) is 7.08. The number of hydrogen-bond acceptors (Lipinski definition) is 2. The second kappa shape index (κ2) is 3.63. The van der Waals surface area contributed by atoms with E-state index in [1.165, 1.54) is 11.3 Å². The summed E-state index contributed by atoms with van der Waals surface area (Å²) < 4.78 is 0. The van der Waals surface area contributed by atoms with Gasteiger partial charge in [0.05, 0.1) is 11.2 Å². The van der Waals surface area contributed by atoms with Crippen LogP contribution in [0.2, 0.25) is 0 Å². The molecular weight excluding hydrogens is 196 g/mol. The van der Waals surface area contributed by atoms with Crippen LogP contribution in [0.15, 0.2) is 36.0 Å². The van der Waals surface area contributed by atoms with Crippen LogP contribution in [0.1, 0.15) is 33.3 Å². The molecule has 0 radical (unpaired) electrons. The van der Waals surface area contributed by atoms with Crippen molar-refractivity contribution in [3.05, 3.63) is 41.6 Å². The normalized spacial score (nSPS) is 24.4. The minimum absolute atomic E-state index is 0.000653. The Balaban J connectivity index is 2.32. The molecule has 2 nitrogen and oxygen atoms in total. The molecule has 0 amide bonds. The summed E-state index contributed by atoms with van der Waals surface area (Å²) in [4.78, 5) is 0. The molecule has 1 saturated heterocycles. The lowest BCUT2D eigenvalue weighted by molar-refractivity contribution is 0.358. The minimum atomic E-state index is -0.0376. The van der Waals surface area contributed by atoms with Gasteiger partial charge in [0.25, 0.3) is 0 Å². The van der Waals surface area contributed by atoms with Crippen molar-refractivity contribution < 1.29 is 0 Å². The van der Waals surface area contributed by atoms with Gasteiger partial charge < -0.3 is 5.32 Å². The molecule has 2 heteroatoms. The van der Waals surface area contributed by atoms with Crippen LogP contribution < -0.4 is 10.6 Å². The highest BCUT2D eigenvalue weighted by atomic mass is 15.3. The van der Waals surface area contributed by atoms with Crippen LogP contribution in [0.5, 0.6) is 0 Å². The van der Waals surface area contributed by atoms with Crippen LogP contribution in [-0.4, -0.2) is 11.2 Å². The Morgan fingerprint density at radius 3 is 2.12 bits per heavy atom. The Kier molecular flexibility index (Phi) is 2.55. The maximum Gasteiger partial charge on any atom is 0.0829 e. The molecule has 0 saturated carbocycles. The standard InChI is InChI=1S/C14H20N2/c1-13(2)12(15-14(3,4)16-13)10-11-8-6-5-7-9-11/h5-10,15-16H,1-4H3. The fourth-order valence-electron chi connectivity index (χ4n) is 2.31. The molecule has 0 bridgehead atoms. The maximum atomic E-state index is 3.56. The van der Waals surface area contributed by atoms with E-state index in [2.05, 4.69) is 68.7 Å². The van der Waals surface area contributed by atoms with Crippen LogP contribution in [0.25, 0.3) is 6.08 Å². The van der Waals surface area contributed by atoms with E-state index >= 15 is 0 Å². The molecule has 0 atom stereocenters. The lowest BCUT2D eigenvalue weighted by Gasteiger charge is -2.22. The van der Waals surface area contributed by atoms with E-state index in [0.717, 1.165) is 0 Å². The lowest BCUT2D eigenvalue weighted by Crippen LogP contribution is -2.46. The van der Waals surface area contributed by atoms with Gasteiger partial charge in [0.2, 0.25) is 0 Å². The van der Waals surface area contributed by atoms with Gasteiger partial charge in [0, 0.05) is 5.70 Å². The Bertz CT molecular complexity index is 402. The van der Waals surface area contributed by atoms with Crippen molar-refractivity contribution >= 4 is 6.08 Å². The molecule has 1 aromatic rings. The zero-order chi connectivity index (χ0) is 11.8. The molecule has 1 aliphatic rings. The maximum absolute atomic E-state index is 3.56. The van der Waals surface area contributed by atoms with Gasteiger partial charge in [-0.25, -0.2) is 0 Å². The third-order valence-corrected chi connectivity index (χ3v) is 2.86. The Hall–Kier alpha value is -1.28. The lowest BCUT2D eigenvalue weighted by atomic mass is 10.0. The number of hydrogen-bond donors (Lipinski definition) is 2. The molecule has 2 rings (SSSR count). The van der Waals surface area contributed by atoms with E-state index in [1.807, 2.05) is 6.07 Å². The van der Waals surface area contributed by atoms with Crippen molar-refractivity contribution in [2.24, 2.45) is 0 Å². The summed E-state index contributed by atoms with van der Waals surface area (Å²) in [6, 6.07) is 10.4. The topological polar surface area (TPSA) is 24.1 Å². The second-order valence-electron chi connectivity index (χ2n) is 5.47. The molecule has 1 aromatic carbocycles. The largest absolute Gasteiger partial charge is 0.370 e. The highest BCUT2D eigenvalue weighted by Gasteiger charge is 2.38. The third-order valence-electron chi connectivity index (χ3n) is 2.86. The number of nitrogens with one attached hydrogen (secondary N) is 2. The Labute approximate surface area is 97.8 Å². The van der Waals surface area contributed by atoms with Gasteiger partial charge in [-0.2, -0.15) is 0 Å². The van der Waals surface area contributed by atoms with Gasteiger partial charge in [-0.3, -0.25) is 5.32 Å². The summed E-state index contributed by atoms with van der Waals surface area (Å²) in [5.74, 6) is 0. The summed E-state index contributed by atoms with van der Waals surface area (Å²) >= 11 is 0. The predicted molar refractivity (Wildman–Crippen MR) is 68.8 cm³/mol. The molecule has 0 aliphatic carbocycles. The first kappa shape index (κ1) is 11.2. The number of benzene rings is 1. The molecule has 1 fully saturated rings. The molecule has 1 heterocycles. The number of rotatable bonds is 1. The van der Waals surface area contributed by atoms with Gasteiger partial charge in [-0.15, -0.1) is 0 Å². The van der Waals surface area contributed by atoms with E-state index < -0.39 is 0 Å². The van der Waals surface area contributed by atoms with E-state index in [4.69, 9.17) is 0 Å². The first-order valence-corrected chi connectivity index (χ1v) is 5.74. The summed E-state index contributed by atoms with van der Waals surface area (Å²) in [5.41, 5.74) is 2.44. The van der Waals surface area contributed by atoms with Crippen LogP contribution in [0, 0.1) is 0 Å². The van der Waals surface area contributed by atoms with Crippen molar-refractivity contribution in [2.75, 3.05) is 0 Å². The average molecular weight is 216 g/mol. The van der Waals surface area contributed by atoms with Crippen LogP contribution >= 0.6 is 0 Å². The molecule has 86 valence electrons. The molecular formula is C14H20N2. The first-order chi connectivity index (χ1) is 7.39. The average Bonchev–Trinajstić information content (AvgIpc) is 2.36. The van der Waals surface area contributed by atoms with Crippen molar-refractivity contribution in [1.82, 2.24) is 10.6 Å². The van der Waals surface area contributed by atoms with Crippen molar-refractivity contribution in [3.8, 4) is 0 Å². The molecule has 2 N–H and O–H groups in total. The first-order valence-electron chi connectivity index (χ1n) is 5.74. The molecule has 0 aromatic heterocycles. The van der Waals surface area contributed by atoms with Crippen LogP contribution in [0.4, 0.5) is 0 Å². The van der Waals surface area contributed by atoms with Crippen molar-refractivity contribution in [3.63, 3.8) is 0 Å². The molecule has 16 heavy (non-hydrogen) atoms. The highest BCUT2D eigenvalue weighted by Crippen LogP contribution is 2.27. The SMILES string of the molecule is CC1(C)NC(=Cc2ccccc2)C(C)(C)N1. The van der Waals surface area contributed by atoms with E-state index in [-0.39, 0.29) is 11.2 Å². The van der Waals surface area contributed by atoms with Gasteiger partial charge in [-0.05, 0) is 39.3 Å². The predicted octanol–water partition coefficient (Wildman–Crippen LogP) is 2.74. The second-order valence-corrected chi connectivity index (χ2v) is 5.47. The highest BCUT2D eigenvalue weighted by molar-refractivity contribution is 5.55. The summed E-state index contributed by atoms with van der Waals surface area (Å²) in [6.45, 7) is 8.70. The van der Waals surface area contributed by atoms with Crippen molar-refractivity contribution in [2.45, 2.75) is 38.9 Å². The Morgan fingerprint density at radius 1 is 1.00 bits per heavy atom. The van der Waals surface area contributed by atoms with Crippen LogP contribution in [-0.2, 0) is 0 Å². The van der Waals surface area contributed by atoms with E-state index in [9.17, 15) is 0 Å². The van der Waals surface area contributed by atoms with Crippen LogP contribution in [0.3, 0.4) is 0 Å². The molecule has 0 spiro atoms. The zero-order valence-electron chi connectivity index (χ0n) is 10.5. The fraction of sp³-hybridized carbons (Fsp3) is 0.429. The smallest absolute Gasteiger partial charge is 0.0829 e. The summed E-state index contributed by atoms with van der Waals surface area (Å²) in [6.07, 6.45) is 2.21. The summed E-state index contributed by atoms with van der Waals surface area (Å²) in [7, 11) is 0.